The first-order chi connectivity index (χ1) is 14.5. The Balaban J connectivity index is 0.000000323. The number of aromatic carboxylic acids is 1. The number of halogens is 3. The molecule has 2 aromatic rings. The maximum atomic E-state index is 11.5. The van der Waals surface area contributed by atoms with Crippen LogP contribution in [0.3, 0.4) is 0 Å². The van der Waals surface area contributed by atoms with Crippen LogP contribution in [0.4, 0.5) is 24.8 Å². The molecule has 1 aliphatic rings. The molecule has 0 atom stereocenters. The van der Waals surface area contributed by atoms with Gasteiger partial charge in [0.25, 0.3) is 0 Å². The van der Waals surface area contributed by atoms with Gasteiger partial charge in [-0.25, -0.2) is 9.78 Å². The molecule has 0 aliphatic carbocycles. The van der Waals surface area contributed by atoms with Gasteiger partial charge in [-0.05, 0) is 38.3 Å². The van der Waals surface area contributed by atoms with Gasteiger partial charge in [0.05, 0.1) is 5.69 Å². The minimum atomic E-state index is -4.12. The zero-order valence-electron chi connectivity index (χ0n) is 18.7. The van der Waals surface area contributed by atoms with Gasteiger partial charge in [-0.3, -0.25) is 0 Å². The Bertz CT molecular complexity index is 899. The molecule has 172 valence electrons. The first-order valence-corrected chi connectivity index (χ1v) is 10.4. The average molecular weight is 440 g/mol. The number of carboxylic acids is 1. The minimum Gasteiger partial charge on any atom is -0.655 e. The highest BCUT2D eigenvalue weighted by atomic mass is 19.4. The van der Waals surface area contributed by atoms with Crippen LogP contribution in [0.15, 0.2) is 12.1 Å². The first-order valence-electron chi connectivity index (χ1n) is 10.4. The van der Waals surface area contributed by atoms with Crippen LogP contribution in [0, 0.1) is 20.8 Å². The fraction of sp³-hybridized carbons (Fsp3) is 0.545. The van der Waals surface area contributed by atoms with Crippen LogP contribution < -0.4 is 4.90 Å². The quantitative estimate of drug-likeness (QED) is 0.599. The highest BCUT2D eigenvalue weighted by Gasteiger charge is 2.31. The van der Waals surface area contributed by atoms with Crippen LogP contribution in [0.2, 0.25) is 0 Å². The van der Waals surface area contributed by atoms with Crippen molar-refractivity contribution in [1.82, 2.24) is 9.55 Å². The molecule has 1 aromatic carbocycles. The van der Waals surface area contributed by atoms with Gasteiger partial charge < -0.3 is 19.9 Å². The second kappa shape index (κ2) is 10.2. The Hall–Kier alpha value is -2.55. The summed E-state index contributed by atoms with van der Waals surface area (Å²) in [7, 11) is 0. The molecule has 6 nitrogen and oxygen atoms in total. The molecule has 1 aliphatic heterocycles. The molecule has 1 aromatic heterocycles. The lowest BCUT2D eigenvalue weighted by molar-refractivity contribution is -0.113. The Morgan fingerprint density at radius 1 is 1.16 bits per heavy atom. The van der Waals surface area contributed by atoms with E-state index in [4.69, 9.17) is 0 Å². The number of carbonyl (C=O) groups is 1. The topological polar surface area (TPSA) is 72.5 Å². The number of hydrogen-bond acceptors (Lipinski definition) is 3. The lowest BCUT2D eigenvalue weighted by Gasteiger charge is -2.22. The van der Waals surface area contributed by atoms with Gasteiger partial charge in [0, 0.05) is 18.8 Å². The predicted octanol–water partition coefficient (Wildman–Crippen LogP) is 5.55. The van der Waals surface area contributed by atoms with Gasteiger partial charge in [0.15, 0.2) is 5.69 Å². The molecule has 0 fully saturated rings. The van der Waals surface area contributed by atoms with Crippen LogP contribution in [0.25, 0.3) is 5.32 Å². The zero-order chi connectivity index (χ0) is 23.3. The molecule has 0 amide bonds. The standard InChI is InChI=1S/C17H21N3O2.C5H9F3N/c1-5-13-15(16(21)22)20-7-6-19(17(20)18-13)14-11(3)8-10(2)9-12(14)4;1-2-3-9-4-5(6,7)8/h8-9H,5-7H2,1-4H3,(H,21,22);2-4H2,1H3/q;-1. The molecule has 3 rings (SSSR count). The smallest absolute Gasteiger partial charge is 0.371 e. The van der Waals surface area contributed by atoms with E-state index in [1.165, 1.54) is 16.7 Å². The van der Waals surface area contributed by atoms with Crippen molar-refractivity contribution >= 4 is 17.6 Å². The third-order valence-electron chi connectivity index (χ3n) is 4.92. The van der Waals surface area contributed by atoms with Crippen molar-refractivity contribution in [2.75, 3.05) is 24.5 Å². The number of hydrogen-bond donors (Lipinski definition) is 1. The summed E-state index contributed by atoms with van der Waals surface area (Å²) in [6.07, 6.45) is -2.81. The van der Waals surface area contributed by atoms with Crippen molar-refractivity contribution in [2.24, 2.45) is 0 Å². The van der Waals surface area contributed by atoms with E-state index in [1.807, 2.05) is 11.5 Å². The van der Waals surface area contributed by atoms with Gasteiger partial charge in [-0.2, -0.15) is 13.2 Å². The summed E-state index contributed by atoms with van der Waals surface area (Å²) in [5, 5.41) is 12.7. The normalized spacial score (nSPS) is 13.1. The summed E-state index contributed by atoms with van der Waals surface area (Å²) in [6, 6.07) is 4.32. The molecule has 0 spiro atoms. The molecule has 0 unspecified atom stereocenters. The van der Waals surface area contributed by atoms with E-state index >= 15 is 0 Å². The molecular weight excluding hydrogens is 409 g/mol. The summed E-state index contributed by atoms with van der Waals surface area (Å²) >= 11 is 0. The largest absolute Gasteiger partial charge is 0.655 e. The average Bonchev–Trinajstić information content (AvgIpc) is 3.20. The zero-order valence-corrected chi connectivity index (χ0v) is 18.7. The highest BCUT2D eigenvalue weighted by molar-refractivity contribution is 5.88. The highest BCUT2D eigenvalue weighted by Crippen LogP contribution is 2.36. The number of aromatic nitrogens is 2. The number of benzene rings is 1. The van der Waals surface area contributed by atoms with Gasteiger partial charge in [-0.15, -0.1) is 6.54 Å². The Labute approximate surface area is 181 Å². The number of fused-ring (bicyclic) bond motifs is 1. The second-order valence-electron chi connectivity index (χ2n) is 7.64. The SMILES string of the molecule is CCC[N-]CC(F)(F)F.CCc1nc2n(c1C(=O)O)CCN2c1c(C)cc(C)cc1C. The van der Waals surface area contributed by atoms with E-state index in [9.17, 15) is 23.1 Å². The molecule has 2 heterocycles. The number of nitrogens with zero attached hydrogens (tertiary/aromatic N) is 4. The molecule has 31 heavy (non-hydrogen) atoms. The Morgan fingerprint density at radius 2 is 1.77 bits per heavy atom. The maximum Gasteiger partial charge on any atom is 0.371 e. The summed E-state index contributed by atoms with van der Waals surface area (Å²) in [4.78, 5) is 18.3. The molecule has 0 saturated heterocycles. The summed E-state index contributed by atoms with van der Waals surface area (Å²) in [5.41, 5.74) is 5.78. The third-order valence-corrected chi connectivity index (χ3v) is 4.92. The van der Waals surface area contributed by atoms with E-state index < -0.39 is 18.7 Å². The Morgan fingerprint density at radius 3 is 2.26 bits per heavy atom. The van der Waals surface area contributed by atoms with Crippen LogP contribution in [-0.4, -0.2) is 46.4 Å². The molecule has 9 heteroatoms. The number of alkyl halides is 3. The fourth-order valence-corrected chi connectivity index (χ4v) is 3.87. The third kappa shape index (κ3) is 6.00. The minimum absolute atomic E-state index is 0.305. The lowest BCUT2D eigenvalue weighted by atomic mass is 10.0. The van der Waals surface area contributed by atoms with Gasteiger partial charge in [0.2, 0.25) is 5.95 Å². The van der Waals surface area contributed by atoms with E-state index in [-0.39, 0.29) is 0 Å². The van der Waals surface area contributed by atoms with Crippen molar-refractivity contribution in [3.63, 3.8) is 0 Å². The van der Waals surface area contributed by atoms with Crippen molar-refractivity contribution in [1.29, 1.82) is 0 Å². The van der Waals surface area contributed by atoms with E-state index in [1.54, 1.807) is 6.92 Å². The molecule has 1 N–H and O–H groups in total. The summed E-state index contributed by atoms with van der Waals surface area (Å²) < 4.78 is 35.7. The molecular formula is C22H30F3N4O2-. The molecule has 0 saturated carbocycles. The van der Waals surface area contributed by atoms with E-state index in [0.29, 0.717) is 37.3 Å². The molecule has 0 radical (unpaired) electrons. The van der Waals surface area contributed by atoms with Gasteiger partial charge >= 0.3 is 12.1 Å². The second-order valence-corrected chi connectivity index (χ2v) is 7.64. The number of rotatable bonds is 6. The van der Waals surface area contributed by atoms with Crippen LogP contribution >= 0.6 is 0 Å². The first kappa shape index (κ1) is 24.7. The number of carboxylic acid groups (broad SMARTS) is 1. The number of aryl methyl sites for hydroxylation is 4. The van der Waals surface area contributed by atoms with Crippen LogP contribution in [-0.2, 0) is 13.0 Å². The van der Waals surface area contributed by atoms with E-state index in [2.05, 4.69) is 48.1 Å². The lowest BCUT2D eigenvalue weighted by Crippen LogP contribution is -2.17. The summed E-state index contributed by atoms with van der Waals surface area (Å²) in [5.74, 6) is -0.140. The van der Waals surface area contributed by atoms with E-state index in [0.717, 1.165) is 18.2 Å². The van der Waals surface area contributed by atoms with Crippen molar-refractivity contribution in [2.45, 2.75) is 60.2 Å². The van der Waals surface area contributed by atoms with Crippen molar-refractivity contribution in [3.05, 3.63) is 45.5 Å². The maximum absolute atomic E-state index is 11.5. The van der Waals surface area contributed by atoms with Crippen LogP contribution in [0.1, 0.15) is 53.1 Å². The van der Waals surface area contributed by atoms with Crippen molar-refractivity contribution in [3.8, 4) is 0 Å². The monoisotopic (exact) mass is 439 g/mol. The number of anilines is 2. The van der Waals surface area contributed by atoms with Gasteiger partial charge in [0.1, 0.15) is 0 Å². The van der Waals surface area contributed by atoms with Crippen molar-refractivity contribution < 1.29 is 23.1 Å². The summed E-state index contributed by atoms with van der Waals surface area (Å²) in [6.45, 7) is 10.7. The van der Waals surface area contributed by atoms with Gasteiger partial charge in [-0.1, -0.05) is 44.5 Å². The molecule has 0 bridgehead atoms. The number of imidazole rings is 1. The predicted molar refractivity (Wildman–Crippen MR) is 116 cm³/mol. The van der Waals surface area contributed by atoms with Crippen LogP contribution in [0.5, 0.6) is 0 Å². The fourth-order valence-electron chi connectivity index (χ4n) is 3.87. The Kier molecular flexibility index (Phi) is 8.11.